The molecule has 1 aromatic heterocycles. The Morgan fingerprint density at radius 1 is 1.09 bits per heavy atom. The van der Waals surface area contributed by atoms with Crippen molar-refractivity contribution in [1.82, 2.24) is 9.88 Å². The second-order valence-electron chi connectivity index (χ2n) is 10.6. The van der Waals surface area contributed by atoms with Crippen LogP contribution in [0.2, 0.25) is 0 Å². The quantitative estimate of drug-likeness (QED) is 0.351. The predicted molar refractivity (Wildman–Crippen MR) is 146 cm³/mol. The van der Waals surface area contributed by atoms with Gasteiger partial charge in [-0.15, -0.1) is 0 Å². The van der Waals surface area contributed by atoms with E-state index in [1.165, 1.54) is 27.6 Å². The van der Waals surface area contributed by atoms with Crippen LogP contribution < -0.4 is 5.32 Å². The van der Waals surface area contributed by atoms with Crippen LogP contribution in [0.5, 0.6) is 0 Å². The summed E-state index contributed by atoms with van der Waals surface area (Å²) >= 11 is 3.71. The largest absolute Gasteiger partial charge is 0.381 e. The van der Waals surface area contributed by atoms with E-state index in [1.54, 1.807) is 0 Å². The molecule has 2 saturated heterocycles. The number of nitrogens with zero attached hydrogens (tertiary/aromatic N) is 1. The molecule has 4 nitrogen and oxygen atoms in total. The lowest BCUT2D eigenvalue weighted by atomic mass is 9.83. The average molecular weight is 538 g/mol. The minimum atomic E-state index is 0.0665. The number of nitrogens with one attached hydrogen (secondary N) is 1. The van der Waals surface area contributed by atoms with E-state index in [1.807, 2.05) is 0 Å². The van der Waals surface area contributed by atoms with Crippen molar-refractivity contribution >= 4 is 32.6 Å². The van der Waals surface area contributed by atoms with Gasteiger partial charge < -0.3 is 14.6 Å². The Kier molecular flexibility index (Phi) is 8.06. The lowest BCUT2D eigenvalue weighted by Crippen LogP contribution is -2.29. The number of carbonyl (C=O) groups excluding carboxylic acids is 1. The molecule has 2 fully saturated rings. The maximum absolute atomic E-state index is 13.4. The van der Waals surface area contributed by atoms with E-state index in [-0.39, 0.29) is 5.92 Å². The number of aryl methyl sites for hydroxylation is 1. The minimum Gasteiger partial charge on any atom is -0.381 e. The summed E-state index contributed by atoms with van der Waals surface area (Å²) in [5, 5.41) is 4.68. The van der Waals surface area contributed by atoms with E-state index < -0.39 is 0 Å². The van der Waals surface area contributed by atoms with Crippen molar-refractivity contribution in [3.05, 3.63) is 69.8 Å². The molecule has 2 aromatic carbocycles. The molecule has 0 saturated carbocycles. The Morgan fingerprint density at radius 2 is 1.89 bits per heavy atom. The summed E-state index contributed by atoms with van der Waals surface area (Å²) < 4.78 is 9.12. The smallest absolute Gasteiger partial charge is 0.134 e. The summed E-state index contributed by atoms with van der Waals surface area (Å²) in [6.07, 6.45) is 8.06. The number of rotatable bonds is 8. The first kappa shape index (κ1) is 24.7. The van der Waals surface area contributed by atoms with Gasteiger partial charge in [-0.2, -0.15) is 0 Å². The highest BCUT2D eigenvalue weighted by molar-refractivity contribution is 9.10. The van der Waals surface area contributed by atoms with Gasteiger partial charge in [0.1, 0.15) is 5.78 Å². The highest BCUT2D eigenvalue weighted by atomic mass is 79.9. The molecule has 0 aliphatic carbocycles. The maximum atomic E-state index is 13.4. The van der Waals surface area contributed by atoms with Crippen molar-refractivity contribution < 1.29 is 9.53 Å². The molecule has 1 atom stereocenters. The molecule has 3 aromatic rings. The predicted octanol–water partition coefficient (Wildman–Crippen LogP) is 6.62. The fourth-order valence-electron chi connectivity index (χ4n) is 5.95. The summed E-state index contributed by atoms with van der Waals surface area (Å²) in [5.41, 5.74) is 5.02. The van der Waals surface area contributed by atoms with Gasteiger partial charge in [0.25, 0.3) is 0 Å². The van der Waals surface area contributed by atoms with E-state index in [9.17, 15) is 4.79 Å². The lowest BCUT2D eigenvalue weighted by molar-refractivity contribution is -0.120. The molecule has 0 amide bonds. The van der Waals surface area contributed by atoms with Crippen LogP contribution in [0.15, 0.2) is 53.1 Å². The Balaban J connectivity index is 1.50. The monoisotopic (exact) mass is 536 g/mol. The highest BCUT2D eigenvalue weighted by Crippen LogP contribution is 2.38. The number of halogens is 1. The Labute approximate surface area is 217 Å². The molecule has 35 heavy (non-hydrogen) atoms. The van der Waals surface area contributed by atoms with Crippen LogP contribution in [0.4, 0.5) is 0 Å². The molecule has 1 N–H and O–H groups in total. The van der Waals surface area contributed by atoms with Gasteiger partial charge in [0.05, 0.1) is 0 Å². The molecule has 5 rings (SSSR count). The third-order valence-electron chi connectivity index (χ3n) is 7.90. The first-order chi connectivity index (χ1) is 17.1. The zero-order valence-electron chi connectivity index (χ0n) is 20.8. The van der Waals surface area contributed by atoms with E-state index in [0.717, 1.165) is 63.0 Å². The van der Waals surface area contributed by atoms with Crippen molar-refractivity contribution in [3.63, 3.8) is 0 Å². The zero-order chi connectivity index (χ0) is 24.2. The molecular weight excluding hydrogens is 500 g/mol. The van der Waals surface area contributed by atoms with Crippen LogP contribution in [0, 0.1) is 18.8 Å². The summed E-state index contributed by atoms with van der Waals surface area (Å²) in [6, 6.07) is 15.3. The van der Waals surface area contributed by atoms with Crippen LogP contribution in [-0.4, -0.2) is 36.7 Å². The van der Waals surface area contributed by atoms with Crippen LogP contribution in [0.25, 0.3) is 10.9 Å². The molecule has 1 unspecified atom stereocenters. The number of ether oxygens (including phenoxy) is 1. The van der Waals surface area contributed by atoms with Gasteiger partial charge in [-0.1, -0.05) is 45.8 Å². The van der Waals surface area contributed by atoms with Gasteiger partial charge in [0.15, 0.2) is 0 Å². The van der Waals surface area contributed by atoms with E-state index in [2.05, 4.69) is 81.4 Å². The third kappa shape index (κ3) is 6.07. The Bertz CT molecular complexity index is 1160. The van der Waals surface area contributed by atoms with Gasteiger partial charge in [-0.05, 0) is 86.9 Å². The molecule has 3 heterocycles. The third-order valence-corrected chi connectivity index (χ3v) is 8.39. The Morgan fingerprint density at radius 3 is 2.66 bits per heavy atom. The summed E-state index contributed by atoms with van der Waals surface area (Å²) in [6.45, 7) is 6.94. The van der Waals surface area contributed by atoms with Crippen molar-refractivity contribution in [2.24, 2.45) is 11.8 Å². The number of hydrogen-bond donors (Lipinski definition) is 1. The fraction of sp³-hybridized carbons (Fsp3) is 0.500. The maximum Gasteiger partial charge on any atom is 0.134 e. The topological polar surface area (TPSA) is 43.3 Å². The lowest BCUT2D eigenvalue weighted by Gasteiger charge is -2.23. The second kappa shape index (κ2) is 11.4. The van der Waals surface area contributed by atoms with Crippen molar-refractivity contribution in [1.29, 1.82) is 0 Å². The Hall–Kier alpha value is -1.95. The summed E-state index contributed by atoms with van der Waals surface area (Å²) in [7, 11) is 0. The number of fused-ring (bicyclic) bond motifs is 1. The van der Waals surface area contributed by atoms with Crippen LogP contribution in [0.3, 0.4) is 0 Å². The first-order valence-electron chi connectivity index (χ1n) is 13.2. The number of piperidine rings is 1. The minimum absolute atomic E-state index is 0.0665. The second-order valence-corrected chi connectivity index (χ2v) is 11.5. The number of carbonyl (C=O) groups is 1. The molecule has 0 spiro atoms. The number of aromatic nitrogens is 1. The zero-order valence-corrected chi connectivity index (χ0v) is 22.4. The van der Waals surface area contributed by atoms with E-state index in [4.69, 9.17) is 4.74 Å². The van der Waals surface area contributed by atoms with Gasteiger partial charge in [-0.3, -0.25) is 4.79 Å². The van der Waals surface area contributed by atoms with Crippen molar-refractivity contribution in [3.8, 4) is 0 Å². The summed E-state index contributed by atoms with van der Waals surface area (Å²) in [4.78, 5) is 13.4. The van der Waals surface area contributed by atoms with Crippen molar-refractivity contribution in [2.45, 2.75) is 57.9 Å². The number of benzene rings is 2. The fourth-order valence-corrected chi connectivity index (χ4v) is 6.31. The van der Waals surface area contributed by atoms with E-state index >= 15 is 0 Å². The van der Waals surface area contributed by atoms with Crippen molar-refractivity contribution in [2.75, 3.05) is 26.3 Å². The average Bonchev–Trinajstić information content (AvgIpc) is 3.20. The molecule has 2 aliphatic rings. The normalized spacial score (nSPS) is 18.7. The molecule has 5 heteroatoms. The molecule has 0 bridgehead atoms. The number of Topliss-reactive ketones (excluding diaryl/α,β-unsaturated/α-hetero) is 1. The van der Waals surface area contributed by atoms with Gasteiger partial charge >= 0.3 is 0 Å². The highest BCUT2D eigenvalue weighted by Gasteiger charge is 2.26. The van der Waals surface area contributed by atoms with Gasteiger partial charge in [-0.25, -0.2) is 0 Å². The van der Waals surface area contributed by atoms with Gasteiger partial charge in [0, 0.05) is 60.1 Å². The molecular formula is C30H37BrN2O2. The van der Waals surface area contributed by atoms with Crippen LogP contribution >= 0.6 is 15.9 Å². The van der Waals surface area contributed by atoms with Crippen LogP contribution in [0.1, 0.15) is 61.1 Å². The molecule has 2 aliphatic heterocycles. The first-order valence-corrected chi connectivity index (χ1v) is 14.0. The molecule has 186 valence electrons. The number of ketones is 1. The molecule has 0 radical (unpaired) electrons. The number of hydrogen-bond acceptors (Lipinski definition) is 3. The summed E-state index contributed by atoms with van der Waals surface area (Å²) in [5.74, 6) is 1.61. The van der Waals surface area contributed by atoms with Crippen LogP contribution in [-0.2, 0) is 16.1 Å². The standard InChI is InChI=1S/C30H37BrN2O2/c1-21-3-2-4-24(15-21)27(18-26(34)16-22-7-11-32-12-8-22)29-20-33(19-23-9-13-35-14-10-23)30-6-5-25(31)17-28(29)30/h2-6,15,17,20,22-23,27,32H,7-14,16,18-19H2,1H3. The van der Waals surface area contributed by atoms with Gasteiger partial charge in [0.2, 0.25) is 0 Å². The SMILES string of the molecule is Cc1cccc(C(CC(=O)CC2CCNCC2)c2cn(CC3CCOCC3)c3ccc(Br)cc23)c1. The van der Waals surface area contributed by atoms with E-state index in [0.29, 0.717) is 30.5 Å².